The molecule has 4 heteroatoms. The maximum Gasteiger partial charge on any atom is 0.170 e. The Labute approximate surface area is 76.6 Å². The van der Waals surface area contributed by atoms with Gasteiger partial charge < -0.3 is 14.6 Å². The van der Waals surface area contributed by atoms with Crippen LogP contribution in [0.2, 0.25) is 0 Å². The number of hydrogen-bond donors (Lipinski definition) is 1. The first-order chi connectivity index (χ1) is 5.72. The molecule has 3 nitrogen and oxygen atoms in total. The Hall–Kier alpha value is 0.170. The maximum atomic E-state index is 9.38. The van der Waals surface area contributed by atoms with Gasteiger partial charge in [0, 0.05) is 12.8 Å². The van der Waals surface area contributed by atoms with Crippen LogP contribution in [0.4, 0.5) is 0 Å². The zero-order valence-electron chi connectivity index (χ0n) is 6.83. The molecule has 2 rings (SSSR count). The molecule has 1 aliphatic heterocycles. The Balaban J connectivity index is 2.01. The summed E-state index contributed by atoms with van der Waals surface area (Å²) in [6.45, 7) is 1.30. The van der Waals surface area contributed by atoms with Crippen molar-refractivity contribution >= 4 is 11.6 Å². The highest BCUT2D eigenvalue weighted by Gasteiger charge is 2.43. The number of rotatable bonds is 0. The van der Waals surface area contributed by atoms with Crippen LogP contribution >= 0.6 is 11.6 Å². The van der Waals surface area contributed by atoms with Crippen molar-refractivity contribution in [1.82, 2.24) is 0 Å². The van der Waals surface area contributed by atoms with Gasteiger partial charge in [-0.15, -0.1) is 11.6 Å². The van der Waals surface area contributed by atoms with Gasteiger partial charge in [0.25, 0.3) is 0 Å². The fourth-order valence-electron chi connectivity index (χ4n) is 1.84. The highest BCUT2D eigenvalue weighted by molar-refractivity contribution is 6.21. The normalized spacial score (nSPS) is 40.5. The average molecular weight is 193 g/mol. The molecular formula is C8H13ClO3. The van der Waals surface area contributed by atoms with E-state index >= 15 is 0 Å². The summed E-state index contributed by atoms with van der Waals surface area (Å²) in [4.78, 5) is 0. The number of halogens is 1. The quantitative estimate of drug-likeness (QED) is 0.580. The largest absolute Gasteiger partial charge is 0.392 e. The lowest BCUT2D eigenvalue weighted by molar-refractivity contribution is -0.186. The van der Waals surface area contributed by atoms with Gasteiger partial charge in [0.15, 0.2) is 5.79 Å². The summed E-state index contributed by atoms with van der Waals surface area (Å²) in [7, 11) is 0. The third kappa shape index (κ3) is 1.46. The summed E-state index contributed by atoms with van der Waals surface area (Å²) in [6.07, 6.45) is 1.64. The van der Waals surface area contributed by atoms with Crippen molar-refractivity contribution in [2.24, 2.45) is 0 Å². The summed E-state index contributed by atoms with van der Waals surface area (Å²) in [6, 6.07) is 0. The third-order valence-corrected chi connectivity index (χ3v) is 3.00. The van der Waals surface area contributed by atoms with Crippen LogP contribution in [0.3, 0.4) is 0 Å². The Morgan fingerprint density at radius 1 is 1.33 bits per heavy atom. The van der Waals surface area contributed by atoms with Gasteiger partial charge in [-0.05, 0) is 6.42 Å². The molecule has 0 aromatic rings. The van der Waals surface area contributed by atoms with Crippen molar-refractivity contribution in [3.63, 3.8) is 0 Å². The minimum atomic E-state index is -0.467. The van der Waals surface area contributed by atoms with E-state index in [9.17, 15) is 5.11 Å². The van der Waals surface area contributed by atoms with E-state index < -0.39 is 11.9 Å². The molecule has 1 N–H and O–H groups in total. The zero-order valence-corrected chi connectivity index (χ0v) is 7.59. The third-order valence-electron chi connectivity index (χ3n) is 2.56. The first-order valence-corrected chi connectivity index (χ1v) is 4.76. The SMILES string of the molecule is OC1CCC2(CC1Cl)OCCO2. The smallest absolute Gasteiger partial charge is 0.170 e. The van der Waals surface area contributed by atoms with Crippen molar-refractivity contribution in [2.45, 2.75) is 36.5 Å². The van der Waals surface area contributed by atoms with Gasteiger partial charge in [0.05, 0.1) is 24.7 Å². The first-order valence-electron chi connectivity index (χ1n) is 4.32. The molecule has 0 aromatic heterocycles. The topological polar surface area (TPSA) is 38.7 Å². The second kappa shape index (κ2) is 3.14. The monoisotopic (exact) mass is 192 g/mol. The predicted octanol–water partition coefficient (Wildman–Crippen LogP) is 0.882. The first kappa shape index (κ1) is 8.75. The van der Waals surface area contributed by atoms with E-state index in [4.69, 9.17) is 21.1 Å². The molecule has 1 aliphatic carbocycles. The maximum absolute atomic E-state index is 9.38. The summed E-state index contributed by atoms with van der Waals surface area (Å²) in [5.41, 5.74) is 0. The number of alkyl halides is 1. The summed E-state index contributed by atoms with van der Waals surface area (Å²) >= 11 is 5.93. The standard InChI is InChI=1S/C8H13ClO3/c9-6-5-8(2-1-7(6)10)11-3-4-12-8/h6-7,10H,1-5H2. The van der Waals surface area contributed by atoms with Crippen molar-refractivity contribution in [3.05, 3.63) is 0 Å². The molecule has 0 aromatic carbocycles. The van der Waals surface area contributed by atoms with E-state index in [1.165, 1.54) is 0 Å². The van der Waals surface area contributed by atoms with Crippen molar-refractivity contribution in [2.75, 3.05) is 13.2 Å². The molecular weight excluding hydrogens is 180 g/mol. The Morgan fingerprint density at radius 2 is 2.00 bits per heavy atom. The van der Waals surface area contributed by atoms with Crippen LogP contribution in [-0.4, -0.2) is 35.6 Å². The average Bonchev–Trinajstić information content (AvgIpc) is 2.47. The molecule has 2 unspecified atom stereocenters. The van der Waals surface area contributed by atoms with E-state index in [-0.39, 0.29) is 5.38 Å². The summed E-state index contributed by atoms with van der Waals surface area (Å²) in [5, 5.41) is 9.15. The predicted molar refractivity (Wildman–Crippen MR) is 44.1 cm³/mol. The van der Waals surface area contributed by atoms with Crippen LogP contribution in [0.15, 0.2) is 0 Å². The second-order valence-electron chi connectivity index (χ2n) is 3.43. The van der Waals surface area contributed by atoms with Crippen LogP contribution in [0.1, 0.15) is 19.3 Å². The summed E-state index contributed by atoms with van der Waals surface area (Å²) in [5.74, 6) is -0.467. The molecule has 0 radical (unpaired) electrons. The minimum absolute atomic E-state index is 0.225. The van der Waals surface area contributed by atoms with Gasteiger partial charge in [-0.25, -0.2) is 0 Å². The summed E-state index contributed by atoms with van der Waals surface area (Å²) < 4.78 is 11.0. The lowest BCUT2D eigenvalue weighted by Gasteiger charge is -2.36. The van der Waals surface area contributed by atoms with Crippen LogP contribution in [-0.2, 0) is 9.47 Å². The molecule has 1 heterocycles. The van der Waals surface area contributed by atoms with Crippen molar-refractivity contribution < 1.29 is 14.6 Å². The van der Waals surface area contributed by atoms with E-state index in [1.54, 1.807) is 0 Å². The lowest BCUT2D eigenvalue weighted by atomic mass is 9.91. The Morgan fingerprint density at radius 3 is 2.58 bits per heavy atom. The second-order valence-corrected chi connectivity index (χ2v) is 3.99. The van der Waals surface area contributed by atoms with Crippen LogP contribution in [0.5, 0.6) is 0 Å². The molecule has 2 fully saturated rings. The van der Waals surface area contributed by atoms with Gasteiger partial charge in [0.1, 0.15) is 0 Å². The number of hydrogen-bond acceptors (Lipinski definition) is 3. The Kier molecular flexibility index (Phi) is 2.29. The molecule has 1 saturated carbocycles. The van der Waals surface area contributed by atoms with Gasteiger partial charge in [-0.2, -0.15) is 0 Å². The molecule has 2 atom stereocenters. The van der Waals surface area contributed by atoms with E-state index in [2.05, 4.69) is 0 Å². The highest BCUT2D eigenvalue weighted by atomic mass is 35.5. The Bertz CT molecular complexity index is 168. The van der Waals surface area contributed by atoms with Crippen LogP contribution in [0.25, 0.3) is 0 Å². The van der Waals surface area contributed by atoms with Crippen molar-refractivity contribution in [1.29, 1.82) is 0 Å². The molecule has 12 heavy (non-hydrogen) atoms. The van der Waals surface area contributed by atoms with Gasteiger partial charge in [0.2, 0.25) is 0 Å². The zero-order chi connectivity index (χ0) is 8.60. The van der Waals surface area contributed by atoms with E-state index in [0.29, 0.717) is 26.1 Å². The molecule has 1 spiro atoms. The van der Waals surface area contributed by atoms with Crippen molar-refractivity contribution in [3.8, 4) is 0 Å². The highest BCUT2D eigenvalue weighted by Crippen LogP contribution is 2.37. The van der Waals surface area contributed by atoms with Gasteiger partial charge in [-0.3, -0.25) is 0 Å². The van der Waals surface area contributed by atoms with E-state index in [0.717, 1.165) is 6.42 Å². The number of aliphatic hydroxyl groups is 1. The van der Waals surface area contributed by atoms with Crippen LogP contribution < -0.4 is 0 Å². The molecule has 2 aliphatic rings. The molecule has 70 valence electrons. The molecule has 1 saturated heterocycles. The number of aliphatic hydroxyl groups excluding tert-OH is 1. The van der Waals surface area contributed by atoms with E-state index in [1.807, 2.05) is 0 Å². The van der Waals surface area contributed by atoms with Crippen LogP contribution in [0, 0.1) is 0 Å². The number of ether oxygens (including phenoxy) is 2. The molecule has 0 bridgehead atoms. The van der Waals surface area contributed by atoms with Gasteiger partial charge in [-0.1, -0.05) is 0 Å². The minimum Gasteiger partial charge on any atom is -0.392 e. The lowest BCUT2D eigenvalue weighted by Crippen LogP contribution is -2.43. The molecule has 0 amide bonds. The van der Waals surface area contributed by atoms with Gasteiger partial charge >= 0.3 is 0 Å². The fraction of sp³-hybridized carbons (Fsp3) is 1.00. The fourth-order valence-corrected chi connectivity index (χ4v) is 2.20.